The number of carboxylic acid groups (broad SMARTS) is 1. The molecule has 1 aromatic heterocycles. The van der Waals surface area contributed by atoms with Crippen molar-refractivity contribution in [3.05, 3.63) is 76.0 Å². The van der Waals surface area contributed by atoms with Crippen LogP contribution >= 0.6 is 23.2 Å². The standard InChI is InChI=1S/C31H33Cl2N7O4/c32-22-8-9-26(40-19-28(33)35-36-40)24(17-22)20-10-12-39(29(41)16-20)25-7-2-1-3-11-34-30(42)27-18-37(31(43)44)13-14-38(27)23-6-4-5-21(25)15-23/h4-6,8-9,15-17,19,25,27H,1-3,7,10-14,18H2,(H,34,42)(H,43,44)/t25-,27+/m0/s1. The molecule has 3 aliphatic rings. The summed E-state index contributed by atoms with van der Waals surface area (Å²) in [6.45, 7) is 1.83. The number of nitrogens with one attached hydrogen (secondary N) is 1. The fourth-order valence-electron chi connectivity index (χ4n) is 6.38. The molecule has 6 rings (SSSR count). The lowest BCUT2D eigenvalue weighted by molar-refractivity contribution is -0.129. The Morgan fingerprint density at radius 3 is 2.61 bits per heavy atom. The first kappa shape index (κ1) is 30.0. The van der Waals surface area contributed by atoms with Crippen LogP contribution in [0.1, 0.15) is 49.3 Å². The maximum atomic E-state index is 13.8. The van der Waals surface area contributed by atoms with Crippen LogP contribution < -0.4 is 10.2 Å². The Balaban J connectivity index is 1.31. The fraction of sp³-hybridized carbons (Fsp3) is 0.387. The molecule has 1 saturated heterocycles. The minimum absolute atomic E-state index is 0.0849. The monoisotopic (exact) mass is 637 g/mol. The summed E-state index contributed by atoms with van der Waals surface area (Å²) in [6, 6.07) is 12.6. The van der Waals surface area contributed by atoms with Crippen molar-refractivity contribution < 1.29 is 19.5 Å². The number of carbonyl (C=O) groups is 3. The van der Waals surface area contributed by atoms with Crippen LogP contribution in [-0.2, 0) is 9.59 Å². The molecule has 230 valence electrons. The molecule has 0 aliphatic carbocycles. The van der Waals surface area contributed by atoms with Crippen LogP contribution in [0.25, 0.3) is 11.3 Å². The molecule has 2 N–H and O–H groups in total. The number of nitrogens with zero attached hydrogens (tertiary/aromatic N) is 6. The molecule has 4 heterocycles. The summed E-state index contributed by atoms with van der Waals surface area (Å²) in [6.07, 6.45) is 6.25. The molecular formula is C31H33Cl2N7O4. The number of piperazine rings is 1. The van der Waals surface area contributed by atoms with E-state index in [1.165, 1.54) is 4.90 Å². The zero-order chi connectivity index (χ0) is 30.8. The molecule has 2 bridgehead atoms. The molecule has 11 nitrogen and oxygen atoms in total. The Kier molecular flexibility index (Phi) is 8.76. The second-order valence-corrected chi connectivity index (χ2v) is 12.1. The van der Waals surface area contributed by atoms with Gasteiger partial charge in [-0.15, -0.1) is 5.10 Å². The van der Waals surface area contributed by atoms with E-state index >= 15 is 0 Å². The summed E-state index contributed by atoms with van der Waals surface area (Å²) in [5, 5.41) is 21.4. The van der Waals surface area contributed by atoms with Gasteiger partial charge in [-0.25, -0.2) is 9.48 Å². The van der Waals surface area contributed by atoms with E-state index in [0.29, 0.717) is 37.6 Å². The van der Waals surface area contributed by atoms with Crippen molar-refractivity contribution in [2.24, 2.45) is 0 Å². The predicted octanol–water partition coefficient (Wildman–Crippen LogP) is 4.79. The third-order valence-electron chi connectivity index (χ3n) is 8.59. The van der Waals surface area contributed by atoms with E-state index in [0.717, 1.165) is 53.8 Å². The van der Waals surface area contributed by atoms with Crippen molar-refractivity contribution in [1.29, 1.82) is 0 Å². The van der Waals surface area contributed by atoms with Crippen LogP contribution in [0.2, 0.25) is 10.2 Å². The van der Waals surface area contributed by atoms with E-state index in [2.05, 4.69) is 21.7 Å². The third kappa shape index (κ3) is 6.25. The summed E-state index contributed by atoms with van der Waals surface area (Å²) in [7, 11) is 0. The number of hydrogen-bond donors (Lipinski definition) is 2. The van der Waals surface area contributed by atoms with Gasteiger partial charge in [-0.1, -0.05) is 53.4 Å². The Hall–Kier alpha value is -4.09. The van der Waals surface area contributed by atoms with Gasteiger partial charge in [0.15, 0.2) is 5.15 Å². The Labute approximate surface area is 265 Å². The average Bonchev–Trinajstić information content (AvgIpc) is 3.46. The Morgan fingerprint density at radius 2 is 1.84 bits per heavy atom. The number of hydrogen-bond acceptors (Lipinski definition) is 6. The van der Waals surface area contributed by atoms with Gasteiger partial charge >= 0.3 is 6.09 Å². The quantitative estimate of drug-likeness (QED) is 0.423. The first-order chi connectivity index (χ1) is 21.3. The molecular weight excluding hydrogens is 605 g/mol. The lowest BCUT2D eigenvalue weighted by atomic mass is 9.93. The number of fused-ring (bicyclic) bond motifs is 4. The van der Waals surface area contributed by atoms with Crippen molar-refractivity contribution in [2.75, 3.05) is 37.6 Å². The lowest BCUT2D eigenvalue weighted by Gasteiger charge is -2.41. The molecule has 13 heteroatoms. The van der Waals surface area contributed by atoms with Gasteiger partial charge in [0, 0.05) is 48.5 Å². The van der Waals surface area contributed by atoms with Gasteiger partial charge < -0.3 is 25.1 Å². The molecule has 0 radical (unpaired) electrons. The zero-order valence-corrected chi connectivity index (χ0v) is 25.5. The van der Waals surface area contributed by atoms with E-state index in [1.807, 2.05) is 40.1 Å². The third-order valence-corrected chi connectivity index (χ3v) is 9.00. The number of amides is 3. The van der Waals surface area contributed by atoms with E-state index < -0.39 is 12.1 Å². The summed E-state index contributed by atoms with van der Waals surface area (Å²) < 4.78 is 1.58. The fourth-order valence-corrected chi connectivity index (χ4v) is 6.67. The second-order valence-electron chi connectivity index (χ2n) is 11.3. The highest BCUT2D eigenvalue weighted by Crippen LogP contribution is 2.36. The van der Waals surface area contributed by atoms with Crippen LogP contribution in [-0.4, -0.2) is 86.6 Å². The highest BCUT2D eigenvalue weighted by molar-refractivity contribution is 6.31. The topological polar surface area (TPSA) is 124 Å². The molecule has 3 amide bonds. The summed E-state index contributed by atoms with van der Waals surface area (Å²) >= 11 is 12.4. The molecule has 44 heavy (non-hydrogen) atoms. The van der Waals surface area contributed by atoms with Gasteiger partial charge in [0.1, 0.15) is 6.04 Å². The lowest BCUT2D eigenvalue weighted by Crippen LogP contribution is -2.60. The van der Waals surface area contributed by atoms with E-state index in [-0.39, 0.29) is 29.6 Å². The molecule has 0 unspecified atom stereocenters. The van der Waals surface area contributed by atoms with E-state index in [4.69, 9.17) is 23.2 Å². The van der Waals surface area contributed by atoms with E-state index in [9.17, 15) is 19.5 Å². The van der Waals surface area contributed by atoms with Crippen molar-refractivity contribution in [3.63, 3.8) is 0 Å². The Morgan fingerprint density at radius 1 is 0.977 bits per heavy atom. The van der Waals surface area contributed by atoms with Crippen LogP contribution in [0.15, 0.2) is 54.7 Å². The SMILES string of the molecule is O=C1NCCCCC[C@H](N2CCC(c3cc(Cl)ccc3-n3cc(Cl)nn3)=CC2=O)c2cccc(c2)N2CCN(C(=O)O)C[C@H]12. The molecule has 2 aromatic carbocycles. The van der Waals surface area contributed by atoms with Crippen molar-refractivity contribution in [3.8, 4) is 5.69 Å². The number of rotatable bonds is 3. The summed E-state index contributed by atoms with van der Waals surface area (Å²) in [4.78, 5) is 44.0. The molecule has 1 fully saturated rings. The van der Waals surface area contributed by atoms with Gasteiger partial charge in [0.2, 0.25) is 11.8 Å². The Bertz CT molecular complexity index is 1610. The smallest absolute Gasteiger partial charge is 0.407 e. The maximum Gasteiger partial charge on any atom is 0.407 e. The summed E-state index contributed by atoms with van der Waals surface area (Å²) in [5.41, 5.74) is 4.22. The van der Waals surface area contributed by atoms with Crippen LogP contribution in [0.3, 0.4) is 0 Å². The predicted molar refractivity (Wildman–Crippen MR) is 167 cm³/mol. The van der Waals surface area contributed by atoms with Gasteiger partial charge in [0.05, 0.1) is 24.5 Å². The first-order valence-electron chi connectivity index (χ1n) is 14.8. The van der Waals surface area contributed by atoms with Gasteiger partial charge in [-0.2, -0.15) is 0 Å². The zero-order valence-electron chi connectivity index (χ0n) is 24.0. The summed E-state index contributed by atoms with van der Waals surface area (Å²) in [5.74, 6) is -0.257. The van der Waals surface area contributed by atoms with Crippen LogP contribution in [0, 0.1) is 0 Å². The van der Waals surface area contributed by atoms with Gasteiger partial charge in [-0.05, 0) is 60.7 Å². The van der Waals surface area contributed by atoms with Gasteiger partial charge in [0.25, 0.3) is 0 Å². The normalized spacial score (nSPS) is 21.4. The minimum Gasteiger partial charge on any atom is -0.465 e. The van der Waals surface area contributed by atoms with Crippen molar-refractivity contribution in [2.45, 2.75) is 44.2 Å². The van der Waals surface area contributed by atoms with Crippen molar-refractivity contribution >= 4 is 52.4 Å². The highest BCUT2D eigenvalue weighted by atomic mass is 35.5. The average molecular weight is 639 g/mol. The molecule has 0 spiro atoms. The molecule has 2 atom stereocenters. The molecule has 3 aromatic rings. The number of benzene rings is 2. The van der Waals surface area contributed by atoms with E-state index in [1.54, 1.807) is 23.0 Å². The second kappa shape index (κ2) is 12.9. The highest BCUT2D eigenvalue weighted by Gasteiger charge is 2.35. The minimum atomic E-state index is -1.03. The number of aromatic nitrogens is 3. The molecule has 3 aliphatic heterocycles. The number of halogens is 2. The number of carbonyl (C=O) groups excluding carboxylic acids is 2. The molecule has 0 saturated carbocycles. The maximum absolute atomic E-state index is 13.8. The largest absolute Gasteiger partial charge is 0.465 e. The van der Waals surface area contributed by atoms with Crippen LogP contribution in [0.4, 0.5) is 10.5 Å². The van der Waals surface area contributed by atoms with Crippen molar-refractivity contribution in [1.82, 2.24) is 30.1 Å². The van der Waals surface area contributed by atoms with Gasteiger partial charge in [-0.3, -0.25) is 9.59 Å². The van der Waals surface area contributed by atoms with Crippen LogP contribution in [0.5, 0.6) is 0 Å². The number of anilines is 1. The first-order valence-corrected chi connectivity index (χ1v) is 15.6.